The second-order valence-corrected chi connectivity index (χ2v) is 6.39. The average molecular weight is 220 g/mol. The van der Waals surface area contributed by atoms with Crippen molar-refractivity contribution in [3.05, 3.63) is 0 Å². The predicted octanol–water partition coefficient (Wildman–Crippen LogP) is 1.50. The lowest BCUT2D eigenvalue weighted by Crippen LogP contribution is -2.55. The molecular formula is C9H20N2O2S. The highest BCUT2D eigenvalue weighted by molar-refractivity contribution is 8.22. The number of rotatable bonds is 1. The van der Waals surface area contributed by atoms with E-state index in [9.17, 15) is 9.11 Å². The van der Waals surface area contributed by atoms with Crippen molar-refractivity contribution >= 4 is 10.8 Å². The van der Waals surface area contributed by atoms with Crippen LogP contribution in [0.3, 0.4) is 0 Å². The van der Waals surface area contributed by atoms with Crippen LogP contribution in [0.4, 0.5) is 0 Å². The van der Waals surface area contributed by atoms with Crippen LogP contribution in [0.15, 0.2) is 0 Å². The third kappa shape index (κ3) is 1.92. The van der Waals surface area contributed by atoms with Crippen LogP contribution in [-0.4, -0.2) is 44.3 Å². The van der Waals surface area contributed by atoms with Gasteiger partial charge in [-0.3, -0.25) is 9.11 Å². The summed E-state index contributed by atoms with van der Waals surface area (Å²) in [7, 11) is -2.46. The van der Waals surface area contributed by atoms with E-state index in [2.05, 4.69) is 12.2 Å². The number of nitrogens with zero attached hydrogens (tertiary/aromatic N) is 1. The molecule has 0 radical (unpaired) electrons. The summed E-state index contributed by atoms with van der Waals surface area (Å²) in [6, 6.07) is 0.765. The van der Waals surface area contributed by atoms with E-state index in [0.717, 1.165) is 32.4 Å². The van der Waals surface area contributed by atoms with Crippen LogP contribution in [0.1, 0.15) is 26.2 Å². The zero-order valence-electron chi connectivity index (χ0n) is 8.65. The molecule has 0 spiro atoms. The van der Waals surface area contributed by atoms with E-state index in [-0.39, 0.29) is 0 Å². The molecule has 5 heteroatoms. The van der Waals surface area contributed by atoms with Gasteiger partial charge in [0.2, 0.25) is 0 Å². The highest BCUT2D eigenvalue weighted by atomic mass is 32.3. The largest absolute Gasteiger partial charge is 0.311 e. The Balaban J connectivity index is 2.16. The van der Waals surface area contributed by atoms with Crippen LogP contribution in [-0.2, 0) is 0 Å². The Morgan fingerprint density at radius 1 is 1.50 bits per heavy atom. The molecule has 2 bridgehead atoms. The third-order valence-corrected chi connectivity index (χ3v) is 5.30. The number of piperazine rings is 1. The van der Waals surface area contributed by atoms with Crippen molar-refractivity contribution in [2.24, 2.45) is 0 Å². The Kier molecular flexibility index (Phi) is 3.04. The summed E-state index contributed by atoms with van der Waals surface area (Å²) in [5, 5.41) is 3.48. The first-order valence-corrected chi connectivity index (χ1v) is 7.07. The van der Waals surface area contributed by atoms with Crippen molar-refractivity contribution in [3.8, 4) is 0 Å². The van der Waals surface area contributed by atoms with Gasteiger partial charge in [-0.25, -0.2) is 4.31 Å². The molecule has 2 saturated heterocycles. The number of hydrogen-bond acceptors (Lipinski definition) is 4. The van der Waals surface area contributed by atoms with Crippen molar-refractivity contribution < 1.29 is 9.11 Å². The Labute approximate surface area is 87.2 Å². The third-order valence-electron chi connectivity index (χ3n) is 3.27. The van der Waals surface area contributed by atoms with Crippen molar-refractivity contribution in [3.63, 3.8) is 0 Å². The van der Waals surface area contributed by atoms with Crippen LogP contribution >= 0.6 is 10.8 Å². The topological polar surface area (TPSA) is 55.7 Å². The minimum atomic E-state index is -2.46. The number of hydrogen-bond donors (Lipinski definition) is 3. The lowest BCUT2D eigenvalue weighted by Gasteiger charge is -2.49. The minimum absolute atomic E-state index is 0.300. The second kappa shape index (κ2) is 3.98. The van der Waals surface area contributed by atoms with Gasteiger partial charge in [-0.1, -0.05) is 6.92 Å². The first-order chi connectivity index (χ1) is 6.63. The fourth-order valence-electron chi connectivity index (χ4n) is 2.38. The monoisotopic (exact) mass is 220 g/mol. The van der Waals surface area contributed by atoms with Gasteiger partial charge in [0, 0.05) is 25.2 Å². The van der Waals surface area contributed by atoms with E-state index in [0.29, 0.717) is 17.8 Å². The molecule has 2 aliphatic rings. The molecule has 0 saturated carbocycles. The highest BCUT2D eigenvalue weighted by Crippen LogP contribution is 2.48. The molecule has 4 nitrogen and oxygen atoms in total. The Bertz CT molecular complexity index is 213. The molecule has 0 amide bonds. The van der Waals surface area contributed by atoms with E-state index in [1.165, 1.54) is 0 Å². The quantitative estimate of drug-likeness (QED) is 0.627. The van der Waals surface area contributed by atoms with Crippen LogP contribution in [0.25, 0.3) is 0 Å². The molecule has 3 atom stereocenters. The Hall–Kier alpha value is 0.190. The van der Waals surface area contributed by atoms with Crippen LogP contribution in [0, 0.1) is 0 Å². The molecule has 84 valence electrons. The average Bonchev–Trinajstić information content (AvgIpc) is 2.27. The fraction of sp³-hybridized carbons (Fsp3) is 1.00. The van der Waals surface area contributed by atoms with Crippen LogP contribution in [0.2, 0.25) is 0 Å². The van der Waals surface area contributed by atoms with Crippen molar-refractivity contribution in [2.45, 2.75) is 38.3 Å². The number of nitrogens with one attached hydrogen (secondary N) is 1. The fourth-order valence-corrected chi connectivity index (χ4v) is 4.28. The molecule has 14 heavy (non-hydrogen) atoms. The molecule has 2 rings (SSSR count). The molecular weight excluding hydrogens is 200 g/mol. The Morgan fingerprint density at radius 2 is 2.29 bits per heavy atom. The second-order valence-electron chi connectivity index (χ2n) is 4.25. The molecule has 3 unspecified atom stereocenters. The van der Waals surface area contributed by atoms with E-state index in [4.69, 9.17) is 0 Å². The van der Waals surface area contributed by atoms with Gasteiger partial charge in [0.05, 0.1) is 5.75 Å². The van der Waals surface area contributed by atoms with Crippen LogP contribution < -0.4 is 5.32 Å². The van der Waals surface area contributed by atoms with E-state index in [1.807, 2.05) is 4.31 Å². The summed E-state index contributed by atoms with van der Waals surface area (Å²) in [4.78, 5) is 0. The minimum Gasteiger partial charge on any atom is -0.311 e. The lowest BCUT2D eigenvalue weighted by molar-refractivity contribution is 0.203. The van der Waals surface area contributed by atoms with Gasteiger partial charge < -0.3 is 5.32 Å². The zero-order chi connectivity index (χ0) is 10.2. The van der Waals surface area contributed by atoms with Gasteiger partial charge in [0.15, 0.2) is 0 Å². The normalized spacial score (nSPS) is 44.1. The van der Waals surface area contributed by atoms with E-state index < -0.39 is 10.8 Å². The molecule has 0 aromatic carbocycles. The van der Waals surface area contributed by atoms with E-state index >= 15 is 0 Å². The maximum Gasteiger partial charge on any atom is 0.0531 e. The molecule has 0 aromatic rings. The molecule has 2 fully saturated rings. The van der Waals surface area contributed by atoms with E-state index in [1.54, 1.807) is 0 Å². The van der Waals surface area contributed by atoms with Crippen LogP contribution in [0.5, 0.6) is 0 Å². The summed E-state index contributed by atoms with van der Waals surface area (Å²) < 4.78 is 22.0. The molecule has 0 aliphatic carbocycles. The standard InChI is InChI=1S/C9H20N2O2S/c1-2-9-6-10-8-4-3-5-14(12,13)11(9)7-8/h8-10,12-13H,2-7H2,1H3. The van der Waals surface area contributed by atoms with Gasteiger partial charge in [0.1, 0.15) is 0 Å². The molecule has 0 aromatic heterocycles. The van der Waals surface area contributed by atoms with Crippen molar-refractivity contribution in [1.82, 2.24) is 9.62 Å². The molecule has 3 N–H and O–H groups in total. The zero-order valence-corrected chi connectivity index (χ0v) is 9.46. The van der Waals surface area contributed by atoms with Gasteiger partial charge in [0.25, 0.3) is 0 Å². The van der Waals surface area contributed by atoms with Gasteiger partial charge in [-0.05, 0) is 19.3 Å². The summed E-state index contributed by atoms with van der Waals surface area (Å²) >= 11 is 0. The highest BCUT2D eigenvalue weighted by Gasteiger charge is 2.37. The summed E-state index contributed by atoms with van der Waals surface area (Å²) in [6.07, 6.45) is 2.98. The van der Waals surface area contributed by atoms with Gasteiger partial charge in [-0.2, -0.15) is 0 Å². The maximum atomic E-state index is 10.0. The van der Waals surface area contributed by atoms with Crippen molar-refractivity contribution in [2.75, 3.05) is 18.8 Å². The molecule has 2 aliphatic heterocycles. The summed E-state index contributed by atoms with van der Waals surface area (Å²) in [5.41, 5.74) is 0. The van der Waals surface area contributed by atoms with Crippen molar-refractivity contribution in [1.29, 1.82) is 0 Å². The summed E-state index contributed by atoms with van der Waals surface area (Å²) in [6.45, 7) is 3.81. The predicted molar refractivity (Wildman–Crippen MR) is 59.5 cm³/mol. The maximum absolute atomic E-state index is 10.0. The first-order valence-electron chi connectivity index (χ1n) is 5.39. The van der Waals surface area contributed by atoms with Gasteiger partial charge in [-0.15, -0.1) is 10.8 Å². The lowest BCUT2D eigenvalue weighted by atomic mass is 10.1. The first kappa shape index (κ1) is 10.7. The Morgan fingerprint density at radius 3 is 3.00 bits per heavy atom. The SMILES string of the molecule is CCC1CNC2CCCS(O)(O)N1C2. The summed E-state index contributed by atoms with van der Waals surface area (Å²) in [5.74, 6) is 0.557. The molecule has 2 heterocycles. The smallest absolute Gasteiger partial charge is 0.0531 e. The number of fused-ring (bicyclic) bond motifs is 2. The van der Waals surface area contributed by atoms with Gasteiger partial charge >= 0.3 is 0 Å².